The molecule has 0 unspecified atom stereocenters. The summed E-state index contributed by atoms with van der Waals surface area (Å²) in [6.07, 6.45) is 0.500. The Kier molecular flexibility index (Phi) is 3.62. The van der Waals surface area contributed by atoms with Crippen LogP contribution in [0, 0.1) is 0 Å². The summed E-state index contributed by atoms with van der Waals surface area (Å²) in [6.45, 7) is 3.91. The molecule has 6 heteroatoms. The first-order chi connectivity index (χ1) is 10.4. The number of ether oxygens (including phenoxy) is 1. The minimum Gasteiger partial charge on any atom is -0.487 e. The highest BCUT2D eigenvalue weighted by atomic mass is 16.5. The Morgan fingerprint density at radius 2 is 2.18 bits per heavy atom. The number of H-pyrrole nitrogens is 1. The van der Waals surface area contributed by atoms with Crippen LogP contribution < -0.4 is 15.6 Å². The Morgan fingerprint density at radius 1 is 1.41 bits per heavy atom. The fraction of sp³-hybridized carbons (Fsp3) is 0.375. The van der Waals surface area contributed by atoms with Crippen molar-refractivity contribution in [3.63, 3.8) is 0 Å². The van der Waals surface area contributed by atoms with Gasteiger partial charge in [-0.15, -0.1) is 0 Å². The number of hydrogen-bond acceptors (Lipinski definition) is 5. The molecule has 0 bridgehead atoms. The van der Waals surface area contributed by atoms with Crippen molar-refractivity contribution in [2.45, 2.75) is 32.5 Å². The molecule has 0 spiro atoms. The standard InChI is InChI=1S/C16H19N3O3/c1-16(2,21)9-17-15-18-12-8-22-13-6-4-3-5-10(13)7-11(12)14(20)19-15/h3-6,21H,7-9H2,1-2H3,(H2,17,18,19,20). The zero-order chi connectivity index (χ0) is 15.7. The van der Waals surface area contributed by atoms with Crippen LogP contribution in [0.2, 0.25) is 0 Å². The topological polar surface area (TPSA) is 87.2 Å². The van der Waals surface area contributed by atoms with Gasteiger partial charge in [-0.3, -0.25) is 9.78 Å². The molecule has 0 amide bonds. The second kappa shape index (κ2) is 5.46. The predicted octanol–water partition coefficient (Wildman–Crippen LogP) is 1.44. The molecule has 0 radical (unpaired) electrons. The third kappa shape index (κ3) is 3.12. The molecule has 0 fully saturated rings. The molecular weight excluding hydrogens is 282 g/mol. The number of aliphatic hydroxyl groups is 1. The molecule has 2 heterocycles. The number of rotatable bonds is 3. The SMILES string of the molecule is CC(C)(O)CNc1nc2c(c(=O)[nH]1)Cc1ccccc1OC2. The Labute approximate surface area is 128 Å². The average molecular weight is 301 g/mol. The minimum absolute atomic E-state index is 0.177. The second-order valence-corrected chi connectivity index (χ2v) is 6.08. The lowest BCUT2D eigenvalue weighted by Gasteiger charge is -2.18. The quantitative estimate of drug-likeness (QED) is 0.798. The molecule has 0 atom stereocenters. The van der Waals surface area contributed by atoms with Gasteiger partial charge >= 0.3 is 0 Å². The maximum absolute atomic E-state index is 12.3. The van der Waals surface area contributed by atoms with E-state index in [2.05, 4.69) is 15.3 Å². The van der Waals surface area contributed by atoms with Gasteiger partial charge in [0.15, 0.2) is 0 Å². The summed E-state index contributed by atoms with van der Waals surface area (Å²) in [4.78, 5) is 19.5. The molecular formula is C16H19N3O3. The number of aromatic amines is 1. The highest BCUT2D eigenvalue weighted by Gasteiger charge is 2.19. The number of anilines is 1. The number of nitrogens with zero attached hydrogens (tertiary/aromatic N) is 1. The van der Waals surface area contributed by atoms with Crippen molar-refractivity contribution in [1.29, 1.82) is 0 Å². The number of nitrogens with one attached hydrogen (secondary N) is 2. The minimum atomic E-state index is -0.891. The van der Waals surface area contributed by atoms with Crippen molar-refractivity contribution in [3.05, 3.63) is 51.4 Å². The molecule has 1 aliphatic rings. The van der Waals surface area contributed by atoms with Gasteiger partial charge in [0.2, 0.25) is 5.95 Å². The van der Waals surface area contributed by atoms with Gasteiger partial charge in [0.05, 0.1) is 11.3 Å². The van der Waals surface area contributed by atoms with Crippen LogP contribution in [0.4, 0.5) is 5.95 Å². The van der Waals surface area contributed by atoms with Crippen LogP contribution >= 0.6 is 0 Å². The monoisotopic (exact) mass is 301 g/mol. The van der Waals surface area contributed by atoms with Crippen molar-refractivity contribution in [2.24, 2.45) is 0 Å². The molecule has 0 aliphatic carbocycles. The summed E-state index contributed by atoms with van der Waals surface area (Å²) in [7, 11) is 0. The first-order valence-electron chi connectivity index (χ1n) is 7.21. The Balaban J connectivity index is 1.91. The lowest BCUT2D eigenvalue weighted by Crippen LogP contribution is -2.31. The average Bonchev–Trinajstić information content (AvgIpc) is 2.64. The van der Waals surface area contributed by atoms with Gasteiger partial charge in [0, 0.05) is 18.5 Å². The third-order valence-electron chi connectivity index (χ3n) is 3.49. The normalized spacial score (nSPS) is 13.6. The maximum Gasteiger partial charge on any atom is 0.256 e. The Bertz CT molecular complexity index is 747. The number of hydrogen-bond donors (Lipinski definition) is 3. The van der Waals surface area contributed by atoms with Crippen molar-refractivity contribution in [1.82, 2.24) is 9.97 Å². The summed E-state index contributed by atoms with van der Waals surface area (Å²) >= 11 is 0. The highest BCUT2D eigenvalue weighted by Crippen LogP contribution is 2.25. The zero-order valence-electron chi connectivity index (χ0n) is 12.6. The lowest BCUT2D eigenvalue weighted by molar-refractivity contribution is 0.0943. The summed E-state index contributed by atoms with van der Waals surface area (Å²) < 4.78 is 5.74. The summed E-state index contributed by atoms with van der Waals surface area (Å²) in [5.74, 6) is 1.13. The van der Waals surface area contributed by atoms with Crippen LogP contribution in [0.3, 0.4) is 0 Å². The van der Waals surface area contributed by atoms with Crippen LogP contribution in [0.1, 0.15) is 30.7 Å². The van der Waals surface area contributed by atoms with Gasteiger partial charge in [-0.05, 0) is 25.5 Å². The molecule has 0 saturated heterocycles. The van der Waals surface area contributed by atoms with Gasteiger partial charge < -0.3 is 15.2 Å². The Morgan fingerprint density at radius 3 is 2.95 bits per heavy atom. The van der Waals surface area contributed by atoms with Crippen LogP contribution in [0.25, 0.3) is 0 Å². The van der Waals surface area contributed by atoms with E-state index in [1.165, 1.54) is 0 Å². The van der Waals surface area contributed by atoms with Gasteiger partial charge in [0.25, 0.3) is 5.56 Å². The number of fused-ring (bicyclic) bond motifs is 2. The van der Waals surface area contributed by atoms with Crippen LogP contribution in [0.5, 0.6) is 5.75 Å². The number of benzene rings is 1. The van der Waals surface area contributed by atoms with E-state index in [0.717, 1.165) is 11.3 Å². The maximum atomic E-state index is 12.3. The largest absolute Gasteiger partial charge is 0.487 e. The molecule has 2 aromatic rings. The van der Waals surface area contributed by atoms with Crippen LogP contribution in [-0.4, -0.2) is 27.2 Å². The smallest absolute Gasteiger partial charge is 0.256 e. The van der Waals surface area contributed by atoms with Crippen LogP contribution in [-0.2, 0) is 13.0 Å². The third-order valence-corrected chi connectivity index (χ3v) is 3.49. The molecule has 1 aromatic heterocycles. The summed E-state index contributed by atoms with van der Waals surface area (Å²) in [6, 6.07) is 7.67. The van der Waals surface area contributed by atoms with E-state index >= 15 is 0 Å². The van der Waals surface area contributed by atoms with E-state index in [1.54, 1.807) is 13.8 Å². The molecule has 3 rings (SSSR count). The van der Waals surface area contributed by atoms with Crippen molar-refractivity contribution in [3.8, 4) is 5.75 Å². The van der Waals surface area contributed by atoms with E-state index in [-0.39, 0.29) is 18.7 Å². The molecule has 1 aliphatic heterocycles. The van der Waals surface area contributed by atoms with E-state index < -0.39 is 5.60 Å². The van der Waals surface area contributed by atoms with Crippen LogP contribution in [0.15, 0.2) is 29.1 Å². The number of para-hydroxylation sites is 1. The summed E-state index contributed by atoms with van der Waals surface area (Å²) in [5.41, 5.74) is 1.16. The van der Waals surface area contributed by atoms with Crippen molar-refractivity contribution in [2.75, 3.05) is 11.9 Å². The van der Waals surface area contributed by atoms with Crippen molar-refractivity contribution >= 4 is 5.95 Å². The first-order valence-corrected chi connectivity index (χ1v) is 7.21. The van der Waals surface area contributed by atoms with E-state index in [4.69, 9.17) is 4.74 Å². The van der Waals surface area contributed by atoms with Gasteiger partial charge in [-0.1, -0.05) is 18.2 Å². The second-order valence-electron chi connectivity index (χ2n) is 6.08. The zero-order valence-corrected chi connectivity index (χ0v) is 12.6. The molecule has 3 N–H and O–H groups in total. The molecule has 22 heavy (non-hydrogen) atoms. The molecule has 116 valence electrons. The number of aromatic nitrogens is 2. The van der Waals surface area contributed by atoms with Crippen molar-refractivity contribution < 1.29 is 9.84 Å². The fourth-order valence-electron chi connectivity index (χ4n) is 2.36. The fourth-order valence-corrected chi connectivity index (χ4v) is 2.36. The van der Waals surface area contributed by atoms with E-state index in [9.17, 15) is 9.90 Å². The molecule has 6 nitrogen and oxygen atoms in total. The van der Waals surface area contributed by atoms with Gasteiger partial charge in [-0.2, -0.15) is 0 Å². The molecule has 1 aromatic carbocycles. The molecule has 0 saturated carbocycles. The first kappa shape index (κ1) is 14.6. The van der Waals surface area contributed by atoms with E-state index in [0.29, 0.717) is 23.6 Å². The van der Waals surface area contributed by atoms with Gasteiger partial charge in [-0.25, -0.2) is 4.98 Å². The predicted molar refractivity (Wildman–Crippen MR) is 83.2 cm³/mol. The van der Waals surface area contributed by atoms with Gasteiger partial charge in [0.1, 0.15) is 12.4 Å². The highest BCUT2D eigenvalue weighted by molar-refractivity contribution is 5.41. The van der Waals surface area contributed by atoms with E-state index in [1.807, 2.05) is 24.3 Å². The summed E-state index contributed by atoms with van der Waals surface area (Å²) in [5, 5.41) is 12.7. The Hall–Kier alpha value is -2.34. The lowest BCUT2D eigenvalue weighted by atomic mass is 10.1.